The Morgan fingerprint density at radius 1 is 1.26 bits per heavy atom. The molecule has 1 fully saturated rings. The number of nitrogens with one attached hydrogen (secondary N) is 1. The largest absolute Gasteiger partial charge is 0.345 e. The van der Waals surface area contributed by atoms with Gasteiger partial charge in [-0.05, 0) is 30.0 Å². The Labute approximate surface area is 138 Å². The molecule has 0 amide bonds. The molecule has 2 aromatic rings. The van der Waals surface area contributed by atoms with Crippen molar-refractivity contribution >= 4 is 27.0 Å². The van der Waals surface area contributed by atoms with E-state index in [1.807, 2.05) is 6.07 Å². The molecule has 2 atom stereocenters. The Morgan fingerprint density at radius 2 is 2.13 bits per heavy atom. The highest BCUT2D eigenvalue weighted by atomic mass is 32.2. The average Bonchev–Trinajstić information content (AvgIpc) is 3.06. The van der Waals surface area contributed by atoms with Gasteiger partial charge in [-0.2, -0.15) is 0 Å². The predicted octanol–water partition coefficient (Wildman–Crippen LogP) is 0.391. The highest BCUT2D eigenvalue weighted by Crippen LogP contribution is 2.30. The predicted molar refractivity (Wildman–Crippen MR) is 88.3 cm³/mol. The fourth-order valence-electron chi connectivity index (χ4n) is 3.60. The number of thiophene rings is 1. The van der Waals surface area contributed by atoms with Crippen LogP contribution < -0.4 is 15.6 Å². The van der Waals surface area contributed by atoms with E-state index >= 15 is 0 Å². The minimum absolute atomic E-state index is 0.131. The third-order valence-corrected chi connectivity index (χ3v) is 7.40. The van der Waals surface area contributed by atoms with Gasteiger partial charge in [0.1, 0.15) is 9.90 Å². The van der Waals surface area contributed by atoms with E-state index in [2.05, 4.69) is 10.0 Å². The van der Waals surface area contributed by atoms with Crippen LogP contribution in [-0.4, -0.2) is 26.1 Å². The lowest BCUT2D eigenvalue weighted by Gasteiger charge is -2.35. The van der Waals surface area contributed by atoms with Crippen LogP contribution in [0.5, 0.6) is 0 Å². The van der Waals surface area contributed by atoms with E-state index in [4.69, 9.17) is 0 Å². The van der Waals surface area contributed by atoms with E-state index in [0.717, 1.165) is 36.5 Å². The van der Waals surface area contributed by atoms with Crippen LogP contribution in [0.4, 0.5) is 5.69 Å². The number of quaternary nitrogens is 1. The molecule has 2 bridgehead atoms. The summed E-state index contributed by atoms with van der Waals surface area (Å²) in [5.41, 5.74) is 0.923. The third kappa shape index (κ3) is 2.60. The van der Waals surface area contributed by atoms with Gasteiger partial charge in [-0.3, -0.25) is 9.52 Å². The summed E-state index contributed by atoms with van der Waals surface area (Å²) in [4.78, 5) is 12.7. The lowest BCUT2D eigenvalue weighted by molar-refractivity contribution is -0.673. The van der Waals surface area contributed by atoms with E-state index in [-0.39, 0.29) is 15.5 Å². The zero-order valence-electron chi connectivity index (χ0n) is 12.4. The van der Waals surface area contributed by atoms with Crippen LogP contribution in [0.15, 0.2) is 38.6 Å². The second-order valence-electron chi connectivity index (χ2n) is 6.18. The molecule has 2 aliphatic rings. The summed E-state index contributed by atoms with van der Waals surface area (Å²) in [6, 6.07) is 6.71. The lowest BCUT2D eigenvalue weighted by atomic mass is 9.84. The standard InChI is InChI=1S/C15H17N3O3S2/c19-15-12(17-23(20,21)14-2-1-5-22-14)3-4-13-11-6-10(7-16-8-11)9-18(13)15/h1-5,10-11,16-17H,6-9H2/p+1/t10-,11+/m0/s1. The molecule has 122 valence electrons. The molecule has 4 rings (SSSR count). The highest BCUT2D eigenvalue weighted by molar-refractivity contribution is 7.94. The molecule has 0 unspecified atom stereocenters. The number of aromatic nitrogens is 1. The second-order valence-corrected chi connectivity index (χ2v) is 9.04. The second kappa shape index (κ2) is 5.47. The molecule has 4 heterocycles. The first kappa shape index (κ1) is 14.9. The maximum atomic E-state index is 12.7. The van der Waals surface area contributed by atoms with Crippen molar-refractivity contribution in [3.05, 3.63) is 45.7 Å². The molecule has 3 N–H and O–H groups in total. The van der Waals surface area contributed by atoms with E-state index in [0.29, 0.717) is 18.4 Å². The molecule has 0 radical (unpaired) electrons. The average molecular weight is 352 g/mol. The Morgan fingerprint density at radius 3 is 2.91 bits per heavy atom. The van der Waals surface area contributed by atoms with Crippen LogP contribution in [0.2, 0.25) is 0 Å². The maximum absolute atomic E-state index is 12.7. The molecular weight excluding hydrogens is 334 g/mol. The molecule has 8 heteroatoms. The number of nitrogens with zero attached hydrogens (tertiary/aromatic N) is 1. The number of pyridine rings is 1. The van der Waals surface area contributed by atoms with Crippen molar-refractivity contribution in [3.63, 3.8) is 0 Å². The van der Waals surface area contributed by atoms with E-state index < -0.39 is 10.0 Å². The van der Waals surface area contributed by atoms with Gasteiger partial charge in [-0.25, -0.2) is 8.42 Å². The summed E-state index contributed by atoms with van der Waals surface area (Å²) in [6.45, 7) is 2.71. The third-order valence-electron chi connectivity index (χ3n) is 4.64. The van der Waals surface area contributed by atoms with Crippen molar-refractivity contribution in [2.75, 3.05) is 17.8 Å². The smallest absolute Gasteiger partial charge is 0.275 e. The van der Waals surface area contributed by atoms with Crippen LogP contribution >= 0.6 is 11.3 Å². The van der Waals surface area contributed by atoms with Crippen molar-refractivity contribution in [2.24, 2.45) is 5.92 Å². The minimum atomic E-state index is -3.69. The number of rotatable bonds is 3. The van der Waals surface area contributed by atoms with Gasteiger partial charge in [-0.15, -0.1) is 11.3 Å². The number of nitrogens with two attached hydrogens (primary N) is 1. The van der Waals surface area contributed by atoms with Crippen molar-refractivity contribution in [1.29, 1.82) is 0 Å². The summed E-state index contributed by atoms with van der Waals surface area (Å²) in [5, 5.41) is 4.01. The first-order valence-electron chi connectivity index (χ1n) is 7.66. The fourth-order valence-corrected chi connectivity index (χ4v) is 5.65. The van der Waals surface area contributed by atoms with Crippen LogP contribution in [0.25, 0.3) is 0 Å². The minimum Gasteiger partial charge on any atom is -0.345 e. The molecule has 2 aromatic heterocycles. The highest BCUT2D eigenvalue weighted by Gasteiger charge is 2.34. The molecule has 23 heavy (non-hydrogen) atoms. The van der Waals surface area contributed by atoms with Gasteiger partial charge in [-0.1, -0.05) is 6.07 Å². The molecule has 6 nitrogen and oxygen atoms in total. The maximum Gasteiger partial charge on any atom is 0.275 e. The summed E-state index contributed by atoms with van der Waals surface area (Å²) in [5.74, 6) is 0.876. The summed E-state index contributed by atoms with van der Waals surface area (Å²) >= 11 is 1.13. The van der Waals surface area contributed by atoms with Crippen LogP contribution in [0.1, 0.15) is 18.0 Å². The van der Waals surface area contributed by atoms with E-state index in [9.17, 15) is 13.2 Å². The first-order valence-corrected chi connectivity index (χ1v) is 10.0. The lowest BCUT2D eigenvalue weighted by Crippen LogP contribution is -2.89. The number of fused-ring (bicyclic) bond motifs is 4. The topological polar surface area (TPSA) is 84.8 Å². The SMILES string of the molecule is O=c1c(NS(=O)(=O)c2cccs2)ccc2n1C[C@@H]1C[NH2+]C[C@H]2C1. The zero-order valence-corrected chi connectivity index (χ0v) is 14.1. The van der Waals surface area contributed by atoms with Gasteiger partial charge in [0.15, 0.2) is 0 Å². The number of sulfonamides is 1. The number of hydrogen-bond donors (Lipinski definition) is 2. The van der Waals surface area contributed by atoms with Crippen molar-refractivity contribution in [2.45, 2.75) is 23.1 Å². The monoisotopic (exact) mass is 352 g/mol. The van der Waals surface area contributed by atoms with Gasteiger partial charge < -0.3 is 9.88 Å². The summed E-state index contributed by atoms with van der Waals surface area (Å²) in [6.07, 6.45) is 1.12. The van der Waals surface area contributed by atoms with Crippen LogP contribution in [-0.2, 0) is 16.6 Å². The molecule has 1 saturated heterocycles. The van der Waals surface area contributed by atoms with Crippen molar-refractivity contribution in [1.82, 2.24) is 4.57 Å². The van der Waals surface area contributed by atoms with Gasteiger partial charge in [0.2, 0.25) is 0 Å². The Kier molecular flexibility index (Phi) is 3.55. The Balaban J connectivity index is 1.72. The molecule has 0 saturated carbocycles. The van der Waals surface area contributed by atoms with Crippen molar-refractivity contribution < 1.29 is 13.7 Å². The fraction of sp³-hybridized carbons (Fsp3) is 0.400. The number of anilines is 1. The summed E-state index contributed by atoms with van der Waals surface area (Å²) < 4.78 is 29.1. The van der Waals surface area contributed by atoms with Crippen molar-refractivity contribution in [3.8, 4) is 0 Å². The molecule has 2 aliphatic heterocycles. The van der Waals surface area contributed by atoms with Gasteiger partial charge in [0.05, 0.1) is 13.1 Å². The van der Waals surface area contributed by atoms with Crippen LogP contribution in [0, 0.1) is 5.92 Å². The van der Waals surface area contributed by atoms with E-state index in [1.54, 1.807) is 22.1 Å². The molecular formula is C15H18N3O3S2+. The Bertz CT molecular complexity index is 887. The Hall–Kier alpha value is -1.64. The quantitative estimate of drug-likeness (QED) is 0.838. The number of piperidine rings is 1. The van der Waals surface area contributed by atoms with Crippen LogP contribution in [0.3, 0.4) is 0 Å². The normalized spacial score (nSPS) is 23.3. The van der Waals surface area contributed by atoms with Gasteiger partial charge in [0.25, 0.3) is 15.6 Å². The molecule has 0 aromatic carbocycles. The summed E-state index contributed by atoms with van der Waals surface area (Å²) in [7, 11) is -3.69. The number of hydrogen-bond acceptors (Lipinski definition) is 4. The molecule has 0 aliphatic carbocycles. The van der Waals surface area contributed by atoms with Gasteiger partial charge >= 0.3 is 0 Å². The van der Waals surface area contributed by atoms with Gasteiger partial charge in [0, 0.05) is 24.1 Å². The van der Waals surface area contributed by atoms with E-state index in [1.165, 1.54) is 6.07 Å². The molecule has 0 spiro atoms. The zero-order chi connectivity index (χ0) is 16.0. The first-order chi connectivity index (χ1) is 11.0.